The molecule has 0 radical (unpaired) electrons. The van der Waals surface area contributed by atoms with Gasteiger partial charge in [0.05, 0.1) is 23.8 Å². The highest BCUT2D eigenvalue weighted by molar-refractivity contribution is 6.31. The second kappa shape index (κ2) is 8.29. The molecule has 0 aliphatic carbocycles. The Morgan fingerprint density at radius 3 is 2.62 bits per heavy atom. The number of rotatable bonds is 5. The third-order valence-electron chi connectivity index (χ3n) is 3.48. The van der Waals surface area contributed by atoms with E-state index in [1.807, 2.05) is 0 Å². The number of methoxy groups -OCH3 is 1. The fraction of sp³-hybridized carbons (Fsp3) is 0.235. The van der Waals surface area contributed by atoms with Crippen LogP contribution < -0.4 is 15.4 Å². The summed E-state index contributed by atoms with van der Waals surface area (Å²) in [6.07, 6.45) is -5.68. The molecule has 9 heteroatoms. The highest BCUT2D eigenvalue weighted by atomic mass is 35.5. The molecule has 0 bridgehead atoms. The maximum absolute atomic E-state index is 12.8. The first-order valence-corrected chi connectivity index (χ1v) is 7.82. The van der Waals surface area contributed by atoms with Gasteiger partial charge in [-0.3, -0.25) is 0 Å². The van der Waals surface area contributed by atoms with Gasteiger partial charge in [0, 0.05) is 17.8 Å². The van der Waals surface area contributed by atoms with Gasteiger partial charge in [-0.2, -0.15) is 13.2 Å². The summed E-state index contributed by atoms with van der Waals surface area (Å²) in [5.74, 6) is 0.453. The van der Waals surface area contributed by atoms with E-state index in [-0.39, 0.29) is 12.2 Å². The van der Waals surface area contributed by atoms with Crippen molar-refractivity contribution in [3.8, 4) is 5.75 Å². The average Bonchev–Trinajstić information content (AvgIpc) is 2.60. The van der Waals surface area contributed by atoms with Gasteiger partial charge in [-0.25, -0.2) is 4.79 Å². The van der Waals surface area contributed by atoms with Crippen LogP contribution in [0, 0.1) is 0 Å². The smallest absolute Gasteiger partial charge is 0.417 e. The molecule has 2 rings (SSSR count). The molecule has 0 unspecified atom stereocenters. The summed E-state index contributed by atoms with van der Waals surface area (Å²) < 4.78 is 43.6. The number of carbonyl (C=O) groups is 1. The second-order valence-corrected chi connectivity index (χ2v) is 5.69. The molecule has 0 fully saturated rings. The van der Waals surface area contributed by atoms with Crippen LogP contribution in [-0.2, 0) is 6.18 Å². The van der Waals surface area contributed by atoms with Crippen LogP contribution in [0.5, 0.6) is 5.75 Å². The SMILES string of the molecule is COc1ccccc1[C@@H](O)CNC(=O)Nc1ccc(Cl)c(C(F)(F)F)c1. The molecule has 26 heavy (non-hydrogen) atoms. The Bertz CT molecular complexity index is 784. The van der Waals surface area contributed by atoms with Crippen molar-refractivity contribution in [2.45, 2.75) is 12.3 Å². The van der Waals surface area contributed by atoms with Crippen molar-refractivity contribution < 1.29 is 27.8 Å². The number of urea groups is 1. The van der Waals surface area contributed by atoms with E-state index in [4.69, 9.17) is 16.3 Å². The van der Waals surface area contributed by atoms with Crippen LogP contribution in [0.3, 0.4) is 0 Å². The van der Waals surface area contributed by atoms with Gasteiger partial charge in [0.25, 0.3) is 0 Å². The molecule has 0 saturated carbocycles. The summed E-state index contributed by atoms with van der Waals surface area (Å²) in [7, 11) is 1.45. The molecule has 3 N–H and O–H groups in total. The lowest BCUT2D eigenvalue weighted by Gasteiger charge is -2.16. The fourth-order valence-corrected chi connectivity index (χ4v) is 2.46. The van der Waals surface area contributed by atoms with Crippen molar-refractivity contribution in [3.05, 3.63) is 58.6 Å². The van der Waals surface area contributed by atoms with Gasteiger partial charge in [0.1, 0.15) is 5.75 Å². The van der Waals surface area contributed by atoms with Crippen LogP contribution in [0.1, 0.15) is 17.2 Å². The average molecular weight is 389 g/mol. The number of carbonyl (C=O) groups excluding carboxylic acids is 1. The van der Waals surface area contributed by atoms with Crippen molar-refractivity contribution in [1.29, 1.82) is 0 Å². The highest BCUT2D eigenvalue weighted by Crippen LogP contribution is 2.36. The second-order valence-electron chi connectivity index (χ2n) is 5.29. The number of alkyl halides is 3. The maximum atomic E-state index is 12.8. The largest absolute Gasteiger partial charge is 0.496 e. The summed E-state index contributed by atoms with van der Waals surface area (Å²) in [6, 6.07) is 8.98. The van der Waals surface area contributed by atoms with Gasteiger partial charge in [0.15, 0.2) is 0 Å². The number of halogens is 4. The molecule has 5 nitrogen and oxygen atoms in total. The third-order valence-corrected chi connectivity index (χ3v) is 3.81. The van der Waals surface area contributed by atoms with Crippen LogP contribution in [0.4, 0.5) is 23.7 Å². The zero-order valence-electron chi connectivity index (χ0n) is 13.6. The summed E-state index contributed by atoms with van der Waals surface area (Å²) >= 11 is 5.52. The number of hydrogen-bond acceptors (Lipinski definition) is 3. The number of aliphatic hydroxyl groups is 1. The van der Waals surface area contributed by atoms with E-state index >= 15 is 0 Å². The molecule has 1 atom stereocenters. The molecule has 0 aromatic heterocycles. The first kappa shape index (κ1) is 19.9. The van der Waals surface area contributed by atoms with Gasteiger partial charge in [-0.15, -0.1) is 0 Å². The van der Waals surface area contributed by atoms with Crippen LogP contribution in [-0.4, -0.2) is 24.8 Å². The van der Waals surface area contributed by atoms with Gasteiger partial charge in [0.2, 0.25) is 0 Å². The van der Waals surface area contributed by atoms with Crippen LogP contribution in [0.2, 0.25) is 5.02 Å². The number of nitrogens with one attached hydrogen (secondary N) is 2. The Hall–Kier alpha value is -2.45. The first-order valence-electron chi connectivity index (χ1n) is 7.45. The number of hydrogen-bond donors (Lipinski definition) is 3. The van der Waals surface area contributed by atoms with Crippen LogP contribution in [0.15, 0.2) is 42.5 Å². The number of benzene rings is 2. The molecule has 2 amide bonds. The molecule has 2 aromatic carbocycles. The van der Waals surface area contributed by atoms with E-state index < -0.39 is 28.9 Å². The van der Waals surface area contributed by atoms with Crippen molar-refractivity contribution in [3.63, 3.8) is 0 Å². The Morgan fingerprint density at radius 1 is 1.27 bits per heavy atom. The Balaban J connectivity index is 1.99. The number of anilines is 1. The highest BCUT2D eigenvalue weighted by Gasteiger charge is 2.33. The van der Waals surface area contributed by atoms with Gasteiger partial charge in [-0.1, -0.05) is 29.8 Å². The number of ether oxygens (including phenoxy) is 1. The van der Waals surface area contributed by atoms with Crippen LogP contribution >= 0.6 is 11.6 Å². The van der Waals surface area contributed by atoms with E-state index in [1.54, 1.807) is 24.3 Å². The van der Waals surface area contributed by atoms with Gasteiger partial charge >= 0.3 is 12.2 Å². The minimum Gasteiger partial charge on any atom is -0.496 e. The maximum Gasteiger partial charge on any atom is 0.417 e. The van der Waals surface area contributed by atoms with Crippen molar-refractivity contribution in [2.24, 2.45) is 0 Å². The quantitative estimate of drug-likeness (QED) is 0.718. The van der Waals surface area contributed by atoms with E-state index in [0.29, 0.717) is 11.3 Å². The normalized spacial score (nSPS) is 12.4. The molecular weight excluding hydrogens is 373 g/mol. The fourth-order valence-electron chi connectivity index (χ4n) is 2.24. The van der Waals surface area contributed by atoms with Crippen molar-refractivity contribution in [1.82, 2.24) is 5.32 Å². The Labute approximate surface area is 152 Å². The number of aliphatic hydroxyl groups excluding tert-OH is 1. The lowest BCUT2D eigenvalue weighted by Crippen LogP contribution is -2.32. The molecule has 140 valence electrons. The number of para-hydroxylation sites is 1. The Morgan fingerprint density at radius 2 is 1.96 bits per heavy atom. The third kappa shape index (κ3) is 5.03. The van der Waals surface area contributed by atoms with E-state index in [2.05, 4.69) is 10.6 Å². The molecule has 2 aromatic rings. The lowest BCUT2D eigenvalue weighted by molar-refractivity contribution is -0.137. The monoisotopic (exact) mass is 388 g/mol. The lowest BCUT2D eigenvalue weighted by atomic mass is 10.1. The molecule has 0 saturated heterocycles. The van der Waals surface area contributed by atoms with E-state index in [1.165, 1.54) is 13.2 Å². The first-order chi connectivity index (χ1) is 12.2. The van der Waals surface area contributed by atoms with E-state index in [9.17, 15) is 23.1 Å². The summed E-state index contributed by atoms with van der Waals surface area (Å²) in [6.45, 7) is -0.161. The molecule has 0 aliphatic heterocycles. The molecule has 0 spiro atoms. The minimum absolute atomic E-state index is 0.0778. The molecule has 0 heterocycles. The zero-order chi connectivity index (χ0) is 19.3. The van der Waals surface area contributed by atoms with Crippen LogP contribution in [0.25, 0.3) is 0 Å². The molecule has 0 aliphatic rings. The van der Waals surface area contributed by atoms with Gasteiger partial charge < -0.3 is 20.5 Å². The molecular formula is C17H16ClF3N2O3. The summed E-state index contributed by atoms with van der Waals surface area (Å²) in [5.41, 5.74) is -0.654. The number of amides is 2. The van der Waals surface area contributed by atoms with E-state index in [0.717, 1.165) is 12.1 Å². The van der Waals surface area contributed by atoms with Gasteiger partial charge in [-0.05, 0) is 24.3 Å². The topological polar surface area (TPSA) is 70.6 Å². The predicted molar refractivity (Wildman–Crippen MR) is 91.4 cm³/mol. The standard InChI is InChI=1S/C17H16ClF3N2O3/c1-26-15-5-3-2-4-11(15)14(24)9-22-16(25)23-10-6-7-13(18)12(8-10)17(19,20)21/h2-8,14,24H,9H2,1H3,(H2,22,23,25)/t14-/m0/s1. The summed E-state index contributed by atoms with van der Waals surface area (Å²) in [5, 5.41) is 14.3. The minimum atomic E-state index is -4.63. The van der Waals surface area contributed by atoms with Crippen molar-refractivity contribution in [2.75, 3.05) is 19.0 Å². The zero-order valence-corrected chi connectivity index (χ0v) is 14.4. The predicted octanol–water partition coefficient (Wildman–Crippen LogP) is 4.22. The summed E-state index contributed by atoms with van der Waals surface area (Å²) in [4.78, 5) is 11.9. The van der Waals surface area contributed by atoms with Crippen molar-refractivity contribution >= 4 is 23.3 Å². The Kier molecular flexibility index (Phi) is 6.33.